The number of hydrogen-bond acceptors (Lipinski definition) is 11. The van der Waals surface area contributed by atoms with E-state index in [1.54, 1.807) is 16.8 Å². The van der Waals surface area contributed by atoms with E-state index >= 15 is 0 Å². The Bertz CT molecular complexity index is 2410. The van der Waals surface area contributed by atoms with Crippen molar-refractivity contribution in [1.29, 1.82) is 0 Å². The molecule has 16 nitrogen and oxygen atoms in total. The number of benzene rings is 1. The monoisotopic (exact) mass is 824 g/mol. The summed E-state index contributed by atoms with van der Waals surface area (Å²) in [6.45, 7) is -0.0329. The van der Waals surface area contributed by atoms with Gasteiger partial charge in [0.05, 0.1) is 28.7 Å². The van der Waals surface area contributed by atoms with E-state index in [4.69, 9.17) is 19.6 Å². The maximum atomic E-state index is 14.7. The number of amides is 4. The van der Waals surface area contributed by atoms with Crippen molar-refractivity contribution in [2.24, 2.45) is 5.92 Å². The summed E-state index contributed by atoms with van der Waals surface area (Å²) >= 11 is 0. The molecule has 17 heteroatoms. The minimum atomic E-state index is -3.91. The summed E-state index contributed by atoms with van der Waals surface area (Å²) in [5.74, 6) is -2.02. The molecular weight excluding hydrogens is 777 g/mol. The van der Waals surface area contributed by atoms with E-state index in [0.717, 1.165) is 43.9 Å². The summed E-state index contributed by atoms with van der Waals surface area (Å²) in [5.41, 5.74) is 0.850. The molecule has 4 aromatic rings. The molecule has 5 atom stereocenters. The maximum Gasteiger partial charge on any atom is 0.408 e. The van der Waals surface area contributed by atoms with Crippen LogP contribution in [-0.2, 0) is 29.1 Å². The van der Waals surface area contributed by atoms with Crippen molar-refractivity contribution in [2.75, 3.05) is 6.54 Å². The summed E-state index contributed by atoms with van der Waals surface area (Å²) in [7, 11) is -3.91. The molecule has 9 rings (SSSR count). The average Bonchev–Trinajstić information content (AvgIpc) is 4.04. The number of nitrogens with zero attached hydrogens (tertiary/aromatic N) is 5. The van der Waals surface area contributed by atoms with Gasteiger partial charge >= 0.3 is 6.09 Å². The number of aromatic nitrogens is 4. The van der Waals surface area contributed by atoms with Gasteiger partial charge in [0.2, 0.25) is 27.7 Å². The fraction of sp³-hybridized carbons (Fsp3) is 0.500. The summed E-state index contributed by atoms with van der Waals surface area (Å²) in [6, 6.07) is 12.7. The van der Waals surface area contributed by atoms with E-state index in [0.29, 0.717) is 60.5 Å². The summed E-state index contributed by atoms with van der Waals surface area (Å²) < 4.78 is 42.1. The zero-order chi connectivity index (χ0) is 40.7. The van der Waals surface area contributed by atoms with Crippen LogP contribution < -0.4 is 20.1 Å². The second kappa shape index (κ2) is 15.9. The topological polar surface area (TPSA) is 203 Å². The van der Waals surface area contributed by atoms with Crippen LogP contribution in [0.15, 0.2) is 66.9 Å². The van der Waals surface area contributed by atoms with Gasteiger partial charge in [-0.1, -0.05) is 43.2 Å². The molecule has 0 unspecified atom stereocenters. The second-order valence-corrected chi connectivity index (χ2v) is 18.4. The predicted molar refractivity (Wildman–Crippen MR) is 215 cm³/mol. The second-order valence-electron chi connectivity index (χ2n) is 16.5. The molecule has 3 N–H and O–H groups in total. The van der Waals surface area contributed by atoms with Gasteiger partial charge in [-0.2, -0.15) is 9.61 Å². The lowest BCUT2D eigenvalue weighted by molar-refractivity contribution is -0.141. The number of pyridine rings is 1. The lowest BCUT2D eigenvalue weighted by Crippen LogP contribution is -2.58. The third-order valence-electron chi connectivity index (χ3n) is 12.2. The van der Waals surface area contributed by atoms with E-state index in [1.807, 2.05) is 54.6 Å². The lowest BCUT2D eigenvalue weighted by Gasteiger charge is -2.30. The van der Waals surface area contributed by atoms with Gasteiger partial charge < -0.3 is 25.0 Å². The summed E-state index contributed by atoms with van der Waals surface area (Å²) in [4.78, 5) is 67.2. The van der Waals surface area contributed by atoms with Crippen molar-refractivity contribution < 1.29 is 37.1 Å². The number of carbonyl (C=O) groups excluding carboxylic acids is 4. The van der Waals surface area contributed by atoms with Crippen LogP contribution in [0.3, 0.4) is 0 Å². The number of alkyl carbamates (subject to hydrolysis) is 1. The van der Waals surface area contributed by atoms with Gasteiger partial charge in [-0.3, -0.25) is 24.1 Å². The van der Waals surface area contributed by atoms with Crippen molar-refractivity contribution in [2.45, 2.75) is 119 Å². The van der Waals surface area contributed by atoms with Gasteiger partial charge in [0.15, 0.2) is 5.65 Å². The van der Waals surface area contributed by atoms with Gasteiger partial charge in [0, 0.05) is 30.0 Å². The van der Waals surface area contributed by atoms with E-state index in [-0.39, 0.29) is 25.5 Å². The normalized spacial score (nSPS) is 27.2. The van der Waals surface area contributed by atoms with Gasteiger partial charge in [0.25, 0.3) is 5.91 Å². The fourth-order valence-corrected chi connectivity index (χ4v) is 10.1. The van der Waals surface area contributed by atoms with E-state index < -0.39 is 68.7 Å². The first-order chi connectivity index (χ1) is 28.6. The molecule has 3 aromatic heterocycles. The molecule has 310 valence electrons. The molecule has 5 aliphatic rings. The summed E-state index contributed by atoms with van der Waals surface area (Å²) in [5, 5.41) is 10.7. The minimum absolute atomic E-state index is 0.0267. The molecule has 0 radical (unpaired) electrons. The molecule has 3 aliphatic carbocycles. The molecule has 0 bridgehead atoms. The van der Waals surface area contributed by atoms with Crippen molar-refractivity contribution in [1.82, 2.24) is 39.8 Å². The molecule has 5 heterocycles. The Morgan fingerprint density at radius 1 is 0.915 bits per heavy atom. The van der Waals surface area contributed by atoms with Crippen LogP contribution in [0, 0.1) is 5.92 Å². The van der Waals surface area contributed by atoms with Crippen LogP contribution in [0.25, 0.3) is 27.9 Å². The molecule has 3 saturated carbocycles. The molecule has 1 aromatic carbocycles. The number of fused-ring (bicyclic) bond motifs is 5. The van der Waals surface area contributed by atoms with Gasteiger partial charge in [-0.15, -0.1) is 0 Å². The van der Waals surface area contributed by atoms with E-state index in [9.17, 15) is 27.6 Å². The Hall–Kier alpha value is -5.58. The molecule has 4 fully saturated rings. The molecule has 4 amide bonds. The maximum absolute atomic E-state index is 14.7. The largest absolute Gasteiger partial charge is 0.472 e. The molecule has 2 aliphatic heterocycles. The highest BCUT2D eigenvalue weighted by molar-refractivity contribution is 7.91. The fourth-order valence-electron chi connectivity index (χ4n) is 8.69. The van der Waals surface area contributed by atoms with Gasteiger partial charge in [-0.05, 0) is 88.5 Å². The van der Waals surface area contributed by atoms with Gasteiger partial charge in [-0.25, -0.2) is 18.2 Å². The number of rotatable bonds is 8. The average molecular weight is 825 g/mol. The first-order valence-corrected chi connectivity index (χ1v) is 22.3. The van der Waals surface area contributed by atoms with Crippen LogP contribution in [0.2, 0.25) is 0 Å². The SMILES string of the molecule is O=C(N[C@H]1CCCCC/C=C\[C@H]2C[C@@]2(C(=O)NS(=O)(=O)C2CC2)NC(=O)[C@@H]2C[C@@H](Oc3cc(-c4ccccn4)nc4c5ccccc5nn34)CN2C1=O)OC1CCCC1. The first kappa shape index (κ1) is 38.9. The van der Waals surface area contributed by atoms with Crippen LogP contribution in [0.1, 0.15) is 83.5 Å². The highest BCUT2D eigenvalue weighted by Gasteiger charge is 2.62. The van der Waals surface area contributed by atoms with Crippen LogP contribution in [0.4, 0.5) is 4.79 Å². The van der Waals surface area contributed by atoms with Crippen molar-refractivity contribution >= 4 is 50.4 Å². The minimum Gasteiger partial charge on any atom is -0.472 e. The molecule has 0 spiro atoms. The van der Waals surface area contributed by atoms with Crippen LogP contribution >= 0.6 is 0 Å². The highest BCUT2D eigenvalue weighted by Crippen LogP contribution is 2.46. The predicted octanol–water partition coefficient (Wildman–Crippen LogP) is 4.33. The lowest BCUT2D eigenvalue weighted by atomic mass is 10.0. The zero-order valence-corrected chi connectivity index (χ0v) is 33.4. The molecule has 59 heavy (non-hydrogen) atoms. The smallest absolute Gasteiger partial charge is 0.408 e. The number of ether oxygens (including phenoxy) is 2. The summed E-state index contributed by atoms with van der Waals surface area (Å²) in [6.07, 6.45) is 11.7. The van der Waals surface area contributed by atoms with E-state index in [2.05, 4.69) is 20.3 Å². The first-order valence-electron chi connectivity index (χ1n) is 20.8. The zero-order valence-electron chi connectivity index (χ0n) is 32.6. The Balaban J connectivity index is 1.05. The Kier molecular flexibility index (Phi) is 10.5. The van der Waals surface area contributed by atoms with E-state index in [1.165, 1.54) is 4.90 Å². The Labute approximate surface area is 341 Å². The van der Waals surface area contributed by atoms with Crippen LogP contribution in [-0.4, -0.2) is 98.3 Å². The van der Waals surface area contributed by atoms with Crippen molar-refractivity contribution in [3.05, 3.63) is 66.9 Å². The Morgan fingerprint density at radius 2 is 1.71 bits per heavy atom. The molecule has 1 saturated heterocycles. The van der Waals surface area contributed by atoms with Crippen molar-refractivity contribution in [3.63, 3.8) is 0 Å². The highest BCUT2D eigenvalue weighted by atomic mass is 32.2. The number of allylic oxidation sites excluding steroid dienone is 1. The Morgan fingerprint density at radius 3 is 2.51 bits per heavy atom. The standard InChI is InChI=1S/C42H48N8O8S/c51-38-35-22-28(57-36-23-34(32-17-10-11-21-43-32)44-37-30-15-8-9-16-31(30)47-50(36)37)25-49(35)39(52)33(45-41(54)58-27-13-6-7-14-27)18-5-3-1-2-4-12-26-24-42(26,46-38)40(53)48-59(55,56)29-19-20-29/h4,8-12,15-17,21,23,26-29,33,35H,1-3,5-7,13-14,18-20,22,24-25H2,(H,45,54)(H,46,51)(H,48,53)/b12-4-/t26-,28+,33-,35-,42+/m0/s1. The number of carbonyl (C=O) groups is 4. The quantitative estimate of drug-likeness (QED) is 0.214. The van der Waals surface area contributed by atoms with Gasteiger partial charge in [0.1, 0.15) is 29.8 Å². The van der Waals surface area contributed by atoms with Crippen LogP contribution in [0.5, 0.6) is 5.88 Å². The molecular formula is C42H48N8O8S. The third-order valence-corrected chi connectivity index (χ3v) is 14.0. The number of sulfonamides is 1. The van der Waals surface area contributed by atoms with Crippen molar-refractivity contribution in [3.8, 4) is 17.3 Å². The third kappa shape index (κ3) is 8.08. The number of hydrogen-bond donors (Lipinski definition) is 3. The number of nitrogens with one attached hydrogen (secondary N) is 3.